The van der Waals surface area contributed by atoms with E-state index < -0.39 is 6.03 Å². The number of carbonyl (C=O) groups excluding carboxylic acids is 1. The van der Waals surface area contributed by atoms with Crippen LogP contribution < -0.4 is 16.4 Å². The number of carbonyl (C=O) groups is 1. The van der Waals surface area contributed by atoms with Crippen LogP contribution in [0.25, 0.3) is 0 Å². The normalized spacial score (nSPS) is 19.0. The smallest absolute Gasteiger partial charge is 0.316 e. The number of hydrogen-bond acceptors (Lipinski definition) is 3. The molecule has 4 N–H and O–H groups in total. The van der Waals surface area contributed by atoms with Crippen LogP contribution in [-0.2, 0) is 4.74 Å². The molecule has 1 aromatic rings. The lowest BCUT2D eigenvalue weighted by molar-refractivity contribution is 0.0547. The van der Waals surface area contributed by atoms with Gasteiger partial charge in [-0.05, 0) is 50.3 Å². The Morgan fingerprint density at radius 3 is 2.43 bits per heavy atom. The minimum absolute atomic E-state index is 0.269. The fraction of sp³-hybridized carbons (Fsp3) is 0.562. The lowest BCUT2D eigenvalue weighted by atomic mass is 9.92. The number of nitrogens with two attached hydrogens (primary N) is 1. The highest BCUT2D eigenvalue weighted by atomic mass is 16.5. The van der Waals surface area contributed by atoms with E-state index in [0.717, 1.165) is 31.7 Å². The number of ether oxygens (including phenoxy) is 1. The minimum Gasteiger partial charge on any atom is -0.381 e. The van der Waals surface area contributed by atoms with Crippen molar-refractivity contribution in [1.82, 2.24) is 5.32 Å². The summed E-state index contributed by atoms with van der Waals surface area (Å²) in [6.45, 7) is 6.15. The van der Waals surface area contributed by atoms with Crippen LogP contribution >= 0.6 is 0 Å². The van der Waals surface area contributed by atoms with Gasteiger partial charge in [-0.3, -0.25) is 0 Å². The van der Waals surface area contributed by atoms with E-state index in [-0.39, 0.29) is 6.04 Å². The SMILES string of the molecule is CC(NC(C)C1CCOCC1)c1ccc(NC(N)=O)cc1. The average molecular weight is 291 g/mol. The van der Waals surface area contributed by atoms with Crippen molar-refractivity contribution in [2.24, 2.45) is 11.7 Å². The molecule has 5 nitrogen and oxygen atoms in total. The number of rotatable bonds is 5. The van der Waals surface area contributed by atoms with Crippen LogP contribution in [0.4, 0.5) is 10.5 Å². The third-order valence-electron chi connectivity index (χ3n) is 4.16. The van der Waals surface area contributed by atoms with Crippen molar-refractivity contribution in [2.75, 3.05) is 18.5 Å². The maximum absolute atomic E-state index is 10.8. The average Bonchev–Trinajstić information content (AvgIpc) is 2.48. The molecule has 1 saturated heterocycles. The molecule has 1 aliphatic heterocycles. The lowest BCUT2D eigenvalue weighted by Gasteiger charge is -2.30. The van der Waals surface area contributed by atoms with Crippen molar-refractivity contribution >= 4 is 11.7 Å². The Labute approximate surface area is 126 Å². The first-order valence-electron chi connectivity index (χ1n) is 7.56. The monoisotopic (exact) mass is 291 g/mol. The molecule has 5 heteroatoms. The Hall–Kier alpha value is -1.59. The zero-order valence-electron chi connectivity index (χ0n) is 12.8. The van der Waals surface area contributed by atoms with Crippen molar-refractivity contribution in [1.29, 1.82) is 0 Å². The van der Waals surface area contributed by atoms with Crippen LogP contribution in [0.3, 0.4) is 0 Å². The molecule has 0 aliphatic carbocycles. The second-order valence-electron chi connectivity index (χ2n) is 5.74. The topological polar surface area (TPSA) is 76.4 Å². The molecule has 116 valence electrons. The number of urea groups is 1. The van der Waals surface area contributed by atoms with Crippen molar-refractivity contribution in [3.63, 3.8) is 0 Å². The fourth-order valence-corrected chi connectivity index (χ4v) is 2.84. The van der Waals surface area contributed by atoms with E-state index in [9.17, 15) is 4.79 Å². The quantitative estimate of drug-likeness (QED) is 0.780. The molecule has 2 rings (SSSR count). The molecule has 0 radical (unpaired) electrons. The molecule has 0 spiro atoms. The molecular formula is C16H25N3O2. The molecule has 2 atom stereocenters. The van der Waals surface area contributed by atoms with Gasteiger partial charge in [-0.25, -0.2) is 4.79 Å². The van der Waals surface area contributed by atoms with Gasteiger partial charge >= 0.3 is 6.03 Å². The summed E-state index contributed by atoms with van der Waals surface area (Å²) in [5.74, 6) is 0.678. The maximum Gasteiger partial charge on any atom is 0.316 e. The summed E-state index contributed by atoms with van der Waals surface area (Å²) in [6.07, 6.45) is 2.25. The second kappa shape index (κ2) is 7.43. The molecule has 2 unspecified atom stereocenters. The van der Waals surface area contributed by atoms with E-state index in [1.54, 1.807) is 0 Å². The first-order valence-corrected chi connectivity index (χ1v) is 7.56. The maximum atomic E-state index is 10.8. The van der Waals surface area contributed by atoms with Gasteiger partial charge in [0.05, 0.1) is 0 Å². The van der Waals surface area contributed by atoms with Gasteiger partial charge in [0.15, 0.2) is 0 Å². The number of anilines is 1. The highest BCUT2D eigenvalue weighted by molar-refractivity contribution is 5.87. The van der Waals surface area contributed by atoms with Crippen LogP contribution in [-0.4, -0.2) is 25.3 Å². The number of nitrogens with one attached hydrogen (secondary N) is 2. The Bertz CT molecular complexity index is 455. The molecule has 0 bridgehead atoms. The Balaban J connectivity index is 1.89. The van der Waals surface area contributed by atoms with Gasteiger partial charge < -0.3 is 21.1 Å². The second-order valence-corrected chi connectivity index (χ2v) is 5.74. The van der Waals surface area contributed by atoms with Gasteiger partial charge in [0.25, 0.3) is 0 Å². The van der Waals surface area contributed by atoms with Gasteiger partial charge in [-0.2, -0.15) is 0 Å². The first-order chi connectivity index (χ1) is 10.1. The number of benzene rings is 1. The lowest BCUT2D eigenvalue weighted by Crippen LogP contribution is -2.38. The van der Waals surface area contributed by atoms with Gasteiger partial charge in [-0.1, -0.05) is 12.1 Å². The highest BCUT2D eigenvalue weighted by Crippen LogP contribution is 2.22. The van der Waals surface area contributed by atoms with Crippen molar-refractivity contribution in [3.05, 3.63) is 29.8 Å². The molecule has 2 amide bonds. The Morgan fingerprint density at radius 2 is 1.86 bits per heavy atom. The van der Waals surface area contributed by atoms with E-state index in [1.807, 2.05) is 24.3 Å². The molecule has 1 heterocycles. The minimum atomic E-state index is -0.540. The predicted molar refractivity (Wildman–Crippen MR) is 84.2 cm³/mol. The summed E-state index contributed by atoms with van der Waals surface area (Å²) in [4.78, 5) is 10.8. The molecule has 0 saturated carbocycles. The zero-order chi connectivity index (χ0) is 15.2. The van der Waals surface area contributed by atoms with E-state index in [0.29, 0.717) is 12.0 Å². The third-order valence-corrected chi connectivity index (χ3v) is 4.16. The summed E-state index contributed by atoms with van der Waals surface area (Å²) in [6, 6.07) is 7.97. The molecule has 1 aliphatic rings. The molecule has 0 aromatic heterocycles. The van der Waals surface area contributed by atoms with Gasteiger partial charge in [0.2, 0.25) is 0 Å². The van der Waals surface area contributed by atoms with Crippen LogP contribution in [0.1, 0.15) is 38.3 Å². The summed E-state index contributed by atoms with van der Waals surface area (Å²) in [7, 11) is 0. The zero-order valence-corrected chi connectivity index (χ0v) is 12.8. The van der Waals surface area contributed by atoms with E-state index in [1.165, 1.54) is 5.56 Å². The predicted octanol–water partition coefficient (Wildman–Crippen LogP) is 2.64. The largest absolute Gasteiger partial charge is 0.381 e. The fourth-order valence-electron chi connectivity index (χ4n) is 2.84. The van der Waals surface area contributed by atoms with Crippen LogP contribution in [0.15, 0.2) is 24.3 Å². The highest BCUT2D eigenvalue weighted by Gasteiger charge is 2.21. The van der Waals surface area contributed by atoms with Crippen LogP contribution in [0.2, 0.25) is 0 Å². The summed E-state index contributed by atoms with van der Waals surface area (Å²) in [5.41, 5.74) is 7.01. The van der Waals surface area contributed by atoms with E-state index in [2.05, 4.69) is 24.5 Å². The van der Waals surface area contributed by atoms with Gasteiger partial charge in [0, 0.05) is 31.0 Å². The van der Waals surface area contributed by atoms with E-state index >= 15 is 0 Å². The number of primary amides is 1. The van der Waals surface area contributed by atoms with Gasteiger partial charge in [0.1, 0.15) is 0 Å². The summed E-state index contributed by atoms with van der Waals surface area (Å²) >= 11 is 0. The molecule has 1 fully saturated rings. The summed E-state index contributed by atoms with van der Waals surface area (Å²) in [5, 5.41) is 6.23. The van der Waals surface area contributed by atoms with Crippen molar-refractivity contribution in [3.8, 4) is 0 Å². The Kier molecular flexibility index (Phi) is 5.59. The van der Waals surface area contributed by atoms with E-state index in [4.69, 9.17) is 10.5 Å². The standard InChI is InChI=1S/C16H25N3O2/c1-11(18-12(2)14-7-9-21-10-8-14)13-3-5-15(6-4-13)19-16(17)20/h3-6,11-12,14,18H,7-10H2,1-2H3,(H3,17,19,20). The third kappa shape index (κ3) is 4.72. The number of amides is 2. The van der Waals surface area contributed by atoms with Crippen LogP contribution in [0, 0.1) is 5.92 Å². The van der Waals surface area contributed by atoms with Crippen molar-refractivity contribution < 1.29 is 9.53 Å². The molecular weight excluding hydrogens is 266 g/mol. The van der Waals surface area contributed by atoms with Crippen LogP contribution in [0.5, 0.6) is 0 Å². The summed E-state index contributed by atoms with van der Waals surface area (Å²) < 4.78 is 5.41. The van der Waals surface area contributed by atoms with Crippen molar-refractivity contribution in [2.45, 2.75) is 38.8 Å². The molecule has 1 aromatic carbocycles. The number of hydrogen-bond donors (Lipinski definition) is 3. The van der Waals surface area contributed by atoms with Gasteiger partial charge in [-0.15, -0.1) is 0 Å². The Morgan fingerprint density at radius 1 is 1.24 bits per heavy atom. The first kappa shape index (κ1) is 15.8. The molecule has 21 heavy (non-hydrogen) atoms.